The third-order valence-electron chi connectivity index (χ3n) is 4.66. The van der Waals surface area contributed by atoms with E-state index in [2.05, 4.69) is 10.6 Å². The first-order valence-corrected chi connectivity index (χ1v) is 8.80. The third-order valence-corrected chi connectivity index (χ3v) is 5.51. The first-order valence-electron chi connectivity index (χ1n) is 7.98. The molecule has 3 atom stereocenters. The zero-order valence-electron chi connectivity index (χ0n) is 12.6. The van der Waals surface area contributed by atoms with Crippen LogP contribution in [-0.4, -0.2) is 35.3 Å². The van der Waals surface area contributed by atoms with Crippen molar-refractivity contribution in [1.82, 2.24) is 10.6 Å². The van der Waals surface area contributed by atoms with Crippen molar-refractivity contribution in [3.8, 4) is 0 Å². The van der Waals surface area contributed by atoms with Crippen LogP contribution in [0.2, 0.25) is 0 Å². The van der Waals surface area contributed by atoms with E-state index in [0.29, 0.717) is 6.42 Å². The summed E-state index contributed by atoms with van der Waals surface area (Å²) in [6.07, 6.45) is 4.35. The summed E-state index contributed by atoms with van der Waals surface area (Å²) in [7, 11) is 0. The lowest BCUT2D eigenvalue weighted by atomic mass is 9.93. The van der Waals surface area contributed by atoms with Crippen molar-refractivity contribution in [2.24, 2.45) is 0 Å². The summed E-state index contributed by atoms with van der Waals surface area (Å²) in [6.45, 7) is 1.82. The van der Waals surface area contributed by atoms with Gasteiger partial charge in [0.1, 0.15) is 0 Å². The molecule has 2 fully saturated rings. The van der Waals surface area contributed by atoms with Crippen LogP contribution in [-0.2, 0) is 6.42 Å². The Morgan fingerprint density at radius 1 is 1.36 bits per heavy atom. The molecule has 1 aliphatic heterocycles. The Morgan fingerprint density at radius 2 is 2.18 bits per heavy atom. The van der Waals surface area contributed by atoms with E-state index in [4.69, 9.17) is 23.2 Å². The molecule has 3 unspecified atom stereocenters. The van der Waals surface area contributed by atoms with E-state index in [0.717, 1.165) is 49.9 Å². The average Bonchev–Trinajstić information content (AvgIpc) is 3.09. The second-order valence-corrected chi connectivity index (χ2v) is 7.91. The SMILES string of the molecule is O=C(NC1CCNC1)c1ccccc1CC1(Cl)CCC(Cl)C1. The summed E-state index contributed by atoms with van der Waals surface area (Å²) in [6, 6.07) is 8.00. The predicted molar refractivity (Wildman–Crippen MR) is 91.0 cm³/mol. The van der Waals surface area contributed by atoms with Crippen LogP contribution < -0.4 is 10.6 Å². The number of carbonyl (C=O) groups excluding carboxylic acids is 1. The summed E-state index contributed by atoms with van der Waals surface area (Å²) in [4.78, 5) is 12.2. The molecular weight excluding hydrogens is 319 g/mol. The van der Waals surface area contributed by atoms with Gasteiger partial charge in [-0.1, -0.05) is 18.2 Å². The standard InChI is InChI=1S/C17H22Cl2N2O/c18-13-5-7-17(19,10-13)9-12-3-1-2-4-15(12)16(22)21-14-6-8-20-11-14/h1-4,13-14,20H,5-11H2,(H,21,22). The Morgan fingerprint density at radius 3 is 2.86 bits per heavy atom. The Bertz CT molecular complexity index is 545. The summed E-state index contributed by atoms with van der Waals surface area (Å²) in [5.74, 6) is 0.00462. The Labute approximate surface area is 141 Å². The van der Waals surface area contributed by atoms with Crippen LogP contribution in [0.5, 0.6) is 0 Å². The maximum atomic E-state index is 12.6. The van der Waals surface area contributed by atoms with Crippen molar-refractivity contribution < 1.29 is 4.79 Å². The molecule has 0 aromatic heterocycles. The van der Waals surface area contributed by atoms with Gasteiger partial charge in [0.25, 0.3) is 5.91 Å². The lowest BCUT2D eigenvalue weighted by Crippen LogP contribution is -2.37. The van der Waals surface area contributed by atoms with Crippen LogP contribution >= 0.6 is 23.2 Å². The smallest absolute Gasteiger partial charge is 0.251 e. The summed E-state index contributed by atoms with van der Waals surface area (Å²) < 4.78 is 0. The second-order valence-electron chi connectivity index (χ2n) is 6.49. The summed E-state index contributed by atoms with van der Waals surface area (Å²) in [5.41, 5.74) is 1.76. The van der Waals surface area contributed by atoms with Gasteiger partial charge in [-0.3, -0.25) is 4.79 Å². The molecule has 0 radical (unpaired) electrons. The topological polar surface area (TPSA) is 41.1 Å². The predicted octanol–water partition coefficient (Wildman–Crippen LogP) is 3.09. The van der Waals surface area contributed by atoms with E-state index in [1.54, 1.807) is 0 Å². The number of alkyl halides is 2. The van der Waals surface area contributed by atoms with Crippen molar-refractivity contribution in [3.63, 3.8) is 0 Å². The fourth-order valence-electron chi connectivity index (χ4n) is 3.46. The monoisotopic (exact) mass is 340 g/mol. The number of rotatable bonds is 4. The van der Waals surface area contributed by atoms with Gasteiger partial charge in [-0.15, -0.1) is 23.2 Å². The van der Waals surface area contributed by atoms with E-state index in [1.165, 1.54) is 0 Å². The summed E-state index contributed by atoms with van der Waals surface area (Å²) >= 11 is 12.9. The second kappa shape index (κ2) is 6.77. The minimum atomic E-state index is -0.308. The van der Waals surface area contributed by atoms with Gasteiger partial charge in [-0.25, -0.2) is 0 Å². The summed E-state index contributed by atoms with van der Waals surface area (Å²) in [5, 5.41) is 6.53. The largest absolute Gasteiger partial charge is 0.348 e. The zero-order chi connectivity index (χ0) is 15.6. The van der Waals surface area contributed by atoms with Gasteiger partial charge in [0, 0.05) is 23.5 Å². The third kappa shape index (κ3) is 3.76. The lowest BCUT2D eigenvalue weighted by Gasteiger charge is -2.23. The number of hydrogen-bond donors (Lipinski definition) is 2. The quantitative estimate of drug-likeness (QED) is 0.827. The van der Waals surface area contributed by atoms with Gasteiger partial charge in [-0.2, -0.15) is 0 Å². The molecule has 1 heterocycles. The highest BCUT2D eigenvalue weighted by atomic mass is 35.5. The molecule has 1 saturated carbocycles. The molecule has 22 heavy (non-hydrogen) atoms. The van der Waals surface area contributed by atoms with Gasteiger partial charge < -0.3 is 10.6 Å². The molecule has 1 saturated heterocycles. The molecule has 3 rings (SSSR count). The van der Waals surface area contributed by atoms with Crippen LogP contribution in [0.1, 0.15) is 41.6 Å². The van der Waals surface area contributed by atoms with Crippen molar-refractivity contribution in [2.75, 3.05) is 13.1 Å². The molecule has 1 amide bonds. The number of halogens is 2. The Kier molecular flexibility index (Phi) is 4.96. The van der Waals surface area contributed by atoms with Gasteiger partial charge in [0.2, 0.25) is 0 Å². The molecule has 1 aromatic rings. The molecule has 5 heteroatoms. The zero-order valence-corrected chi connectivity index (χ0v) is 14.1. The highest BCUT2D eigenvalue weighted by Gasteiger charge is 2.37. The number of hydrogen-bond acceptors (Lipinski definition) is 2. The normalized spacial score (nSPS) is 31.4. The fraction of sp³-hybridized carbons (Fsp3) is 0.588. The van der Waals surface area contributed by atoms with Gasteiger partial charge in [0.15, 0.2) is 0 Å². The molecule has 2 aliphatic rings. The van der Waals surface area contributed by atoms with Crippen molar-refractivity contribution in [1.29, 1.82) is 0 Å². The van der Waals surface area contributed by atoms with Crippen molar-refractivity contribution >= 4 is 29.1 Å². The maximum Gasteiger partial charge on any atom is 0.251 e. The van der Waals surface area contributed by atoms with E-state index >= 15 is 0 Å². The van der Waals surface area contributed by atoms with Crippen LogP contribution in [0.25, 0.3) is 0 Å². The highest BCUT2D eigenvalue weighted by molar-refractivity contribution is 6.26. The first-order chi connectivity index (χ1) is 10.6. The molecular formula is C17H22Cl2N2O. The van der Waals surface area contributed by atoms with Crippen LogP contribution in [0.3, 0.4) is 0 Å². The van der Waals surface area contributed by atoms with E-state index in [1.807, 2.05) is 24.3 Å². The minimum Gasteiger partial charge on any atom is -0.348 e. The molecule has 2 N–H and O–H groups in total. The lowest BCUT2D eigenvalue weighted by molar-refractivity contribution is 0.0939. The Hall–Kier alpha value is -0.770. The number of carbonyl (C=O) groups is 1. The van der Waals surface area contributed by atoms with Crippen LogP contribution in [0.15, 0.2) is 24.3 Å². The molecule has 120 valence electrons. The number of nitrogens with one attached hydrogen (secondary N) is 2. The molecule has 0 bridgehead atoms. The first kappa shape index (κ1) is 16.1. The molecule has 3 nitrogen and oxygen atoms in total. The number of benzene rings is 1. The average molecular weight is 341 g/mol. The minimum absolute atomic E-state index is 0.00462. The van der Waals surface area contributed by atoms with Gasteiger partial charge in [0.05, 0.1) is 4.87 Å². The molecule has 1 aromatic carbocycles. The van der Waals surface area contributed by atoms with E-state index in [9.17, 15) is 4.79 Å². The molecule has 0 spiro atoms. The number of amides is 1. The molecule has 1 aliphatic carbocycles. The van der Waals surface area contributed by atoms with E-state index in [-0.39, 0.29) is 22.2 Å². The van der Waals surface area contributed by atoms with Crippen LogP contribution in [0.4, 0.5) is 0 Å². The fourth-order valence-corrected chi connectivity index (χ4v) is 4.38. The van der Waals surface area contributed by atoms with Crippen molar-refractivity contribution in [3.05, 3.63) is 35.4 Å². The van der Waals surface area contributed by atoms with E-state index < -0.39 is 0 Å². The van der Waals surface area contributed by atoms with Gasteiger partial charge >= 0.3 is 0 Å². The highest BCUT2D eigenvalue weighted by Crippen LogP contribution is 2.41. The van der Waals surface area contributed by atoms with Gasteiger partial charge in [-0.05, 0) is 50.3 Å². The van der Waals surface area contributed by atoms with Crippen LogP contribution in [0, 0.1) is 0 Å². The maximum absolute atomic E-state index is 12.6. The Balaban J connectivity index is 1.73. The van der Waals surface area contributed by atoms with Crippen molar-refractivity contribution in [2.45, 2.75) is 48.4 Å².